The van der Waals surface area contributed by atoms with E-state index in [1.165, 1.54) is 0 Å². The van der Waals surface area contributed by atoms with Gasteiger partial charge in [-0.2, -0.15) is 13.2 Å². The smallest absolute Gasteiger partial charge is 0.207 e. The van der Waals surface area contributed by atoms with Gasteiger partial charge >= 0.3 is 6.18 Å². The number of aryl methyl sites for hydroxylation is 1. The van der Waals surface area contributed by atoms with E-state index in [4.69, 9.17) is 0 Å². The van der Waals surface area contributed by atoms with E-state index < -0.39 is 17.6 Å². The first-order valence-corrected chi connectivity index (χ1v) is 4.91. The highest BCUT2D eigenvalue weighted by Crippen LogP contribution is 2.30. The van der Waals surface area contributed by atoms with E-state index in [0.29, 0.717) is 19.3 Å². The number of unbranched alkanes of at least 4 members (excludes halogenated alkanes) is 1. The van der Waals surface area contributed by atoms with Crippen LogP contribution >= 0.6 is 0 Å². The molecule has 0 aromatic heterocycles. The maximum absolute atomic E-state index is 13.2. The summed E-state index contributed by atoms with van der Waals surface area (Å²) < 4.78 is 50.2. The van der Waals surface area contributed by atoms with Crippen molar-refractivity contribution < 1.29 is 17.6 Å². The number of halogens is 4. The van der Waals surface area contributed by atoms with Crippen LogP contribution in [-0.4, -0.2) is 0 Å². The molecule has 4 heteroatoms. The second kappa shape index (κ2) is 5.14. The molecule has 16 heavy (non-hydrogen) atoms. The Morgan fingerprint density at radius 2 is 1.94 bits per heavy atom. The molecule has 1 aromatic rings. The largest absolute Gasteiger partial charge is 0.416 e. The maximum Gasteiger partial charge on any atom is 0.416 e. The third kappa shape index (κ3) is 3.36. The van der Waals surface area contributed by atoms with Crippen molar-refractivity contribution in [2.45, 2.75) is 25.4 Å². The number of hydrogen-bond donors (Lipinski definition) is 0. The Morgan fingerprint density at radius 1 is 1.25 bits per heavy atom. The normalized spacial score (nSPS) is 11.5. The summed E-state index contributed by atoms with van der Waals surface area (Å²) in [5, 5.41) is 0. The van der Waals surface area contributed by atoms with Gasteiger partial charge in [0.15, 0.2) is 0 Å². The van der Waals surface area contributed by atoms with E-state index in [2.05, 4.69) is 6.58 Å². The minimum Gasteiger partial charge on any atom is -0.207 e. The summed E-state index contributed by atoms with van der Waals surface area (Å²) in [4.78, 5) is 0. The molecule has 0 aliphatic heterocycles. The molecule has 0 saturated heterocycles. The first-order valence-electron chi connectivity index (χ1n) is 4.91. The third-order valence-corrected chi connectivity index (χ3v) is 2.23. The van der Waals surface area contributed by atoms with Crippen molar-refractivity contribution in [1.29, 1.82) is 0 Å². The maximum atomic E-state index is 13.2. The number of allylic oxidation sites excluding steroid dienone is 1. The highest BCUT2D eigenvalue weighted by atomic mass is 19.4. The molecule has 0 radical (unpaired) electrons. The van der Waals surface area contributed by atoms with Crippen LogP contribution in [0.4, 0.5) is 17.6 Å². The fraction of sp³-hybridized carbons (Fsp3) is 0.333. The lowest BCUT2D eigenvalue weighted by Crippen LogP contribution is -2.06. The number of rotatable bonds is 4. The van der Waals surface area contributed by atoms with Gasteiger partial charge < -0.3 is 0 Å². The third-order valence-electron chi connectivity index (χ3n) is 2.23. The van der Waals surface area contributed by atoms with Gasteiger partial charge in [-0.25, -0.2) is 4.39 Å². The van der Waals surface area contributed by atoms with Crippen molar-refractivity contribution in [3.8, 4) is 0 Å². The van der Waals surface area contributed by atoms with E-state index in [1.807, 2.05) is 0 Å². The van der Waals surface area contributed by atoms with Gasteiger partial charge in [-0.1, -0.05) is 6.08 Å². The van der Waals surface area contributed by atoms with Crippen LogP contribution in [-0.2, 0) is 12.6 Å². The van der Waals surface area contributed by atoms with Crippen molar-refractivity contribution in [2.75, 3.05) is 0 Å². The predicted octanol–water partition coefficient (Wildman–Crippen LogP) is 4.35. The fourth-order valence-corrected chi connectivity index (χ4v) is 1.38. The van der Waals surface area contributed by atoms with Crippen LogP contribution in [0.25, 0.3) is 0 Å². The fourth-order valence-electron chi connectivity index (χ4n) is 1.38. The zero-order chi connectivity index (χ0) is 12.2. The van der Waals surface area contributed by atoms with Gasteiger partial charge in [0.2, 0.25) is 0 Å². The van der Waals surface area contributed by atoms with Gasteiger partial charge in [0.05, 0.1) is 5.56 Å². The summed E-state index contributed by atoms with van der Waals surface area (Å²) in [7, 11) is 0. The van der Waals surface area contributed by atoms with Crippen LogP contribution in [0.1, 0.15) is 24.0 Å². The molecule has 0 unspecified atom stereocenters. The molecule has 1 rings (SSSR count). The topological polar surface area (TPSA) is 0 Å². The summed E-state index contributed by atoms with van der Waals surface area (Å²) in [6.45, 7) is 3.50. The molecular weight excluding hydrogens is 220 g/mol. The van der Waals surface area contributed by atoms with Gasteiger partial charge in [0.1, 0.15) is 5.82 Å². The Kier molecular flexibility index (Phi) is 4.10. The van der Waals surface area contributed by atoms with Crippen molar-refractivity contribution in [3.05, 3.63) is 47.8 Å². The molecule has 0 heterocycles. The van der Waals surface area contributed by atoms with Crippen LogP contribution in [0.15, 0.2) is 30.9 Å². The highest BCUT2D eigenvalue weighted by Gasteiger charge is 2.30. The van der Waals surface area contributed by atoms with Crippen LogP contribution in [0.5, 0.6) is 0 Å². The molecular formula is C12H12F4. The molecule has 0 spiro atoms. The summed E-state index contributed by atoms with van der Waals surface area (Å²) in [5.41, 5.74) is -0.695. The molecule has 0 atom stereocenters. The van der Waals surface area contributed by atoms with Crippen molar-refractivity contribution >= 4 is 0 Å². The summed E-state index contributed by atoms with van der Waals surface area (Å²) in [6, 6.07) is 2.50. The van der Waals surface area contributed by atoms with Crippen LogP contribution in [0.2, 0.25) is 0 Å². The zero-order valence-corrected chi connectivity index (χ0v) is 8.65. The Bertz CT molecular complexity index is 366. The molecule has 0 amide bonds. The number of hydrogen-bond acceptors (Lipinski definition) is 0. The van der Waals surface area contributed by atoms with Gasteiger partial charge in [0, 0.05) is 0 Å². The first kappa shape index (κ1) is 12.7. The SMILES string of the molecule is C=CCCCc1cc(C(F)(F)F)ccc1F. The van der Waals surface area contributed by atoms with Crippen LogP contribution < -0.4 is 0 Å². The minimum atomic E-state index is -4.42. The number of alkyl halides is 3. The predicted molar refractivity (Wildman–Crippen MR) is 54.5 cm³/mol. The molecule has 0 saturated carbocycles. The lowest BCUT2D eigenvalue weighted by molar-refractivity contribution is -0.137. The summed E-state index contributed by atoms with van der Waals surface area (Å²) in [5.74, 6) is -0.586. The Labute approximate surface area is 91.6 Å². The summed E-state index contributed by atoms with van der Waals surface area (Å²) >= 11 is 0. The zero-order valence-electron chi connectivity index (χ0n) is 8.65. The lowest BCUT2D eigenvalue weighted by Gasteiger charge is -2.09. The van der Waals surface area contributed by atoms with E-state index in [9.17, 15) is 17.6 Å². The van der Waals surface area contributed by atoms with Gasteiger partial charge in [0.25, 0.3) is 0 Å². The average molecular weight is 232 g/mol. The van der Waals surface area contributed by atoms with Gasteiger partial charge in [-0.05, 0) is 43.0 Å². The quantitative estimate of drug-likeness (QED) is 0.411. The van der Waals surface area contributed by atoms with Crippen LogP contribution in [0.3, 0.4) is 0 Å². The van der Waals surface area contributed by atoms with Crippen molar-refractivity contribution in [3.63, 3.8) is 0 Å². The number of benzene rings is 1. The molecule has 0 aliphatic carbocycles. The monoisotopic (exact) mass is 232 g/mol. The standard InChI is InChI=1S/C12H12F4/c1-2-3-4-5-9-8-10(12(14,15)16)6-7-11(9)13/h2,6-8H,1,3-5H2. The molecule has 0 aliphatic rings. The molecule has 0 N–H and O–H groups in total. The van der Waals surface area contributed by atoms with Gasteiger partial charge in [-0.3, -0.25) is 0 Å². The Morgan fingerprint density at radius 3 is 2.50 bits per heavy atom. The Balaban J connectivity index is 2.86. The van der Waals surface area contributed by atoms with Crippen LogP contribution in [0, 0.1) is 5.82 Å². The summed E-state index contributed by atoms with van der Waals surface area (Å²) in [6.07, 6.45) is -1.20. The highest BCUT2D eigenvalue weighted by molar-refractivity contribution is 5.27. The molecule has 0 fully saturated rings. The first-order chi connectivity index (χ1) is 7.45. The minimum absolute atomic E-state index is 0.108. The lowest BCUT2D eigenvalue weighted by atomic mass is 10.0. The van der Waals surface area contributed by atoms with E-state index in [1.54, 1.807) is 6.08 Å². The molecule has 88 valence electrons. The molecule has 1 aromatic carbocycles. The van der Waals surface area contributed by atoms with E-state index >= 15 is 0 Å². The van der Waals surface area contributed by atoms with Crippen molar-refractivity contribution in [1.82, 2.24) is 0 Å². The van der Waals surface area contributed by atoms with Gasteiger partial charge in [-0.15, -0.1) is 6.58 Å². The van der Waals surface area contributed by atoms with E-state index in [-0.39, 0.29) is 5.56 Å². The second-order valence-corrected chi connectivity index (χ2v) is 3.48. The van der Waals surface area contributed by atoms with Crippen molar-refractivity contribution in [2.24, 2.45) is 0 Å². The average Bonchev–Trinajstić information content (AvgIpc) is 2.19. The second-order valence-electron chi connectivity index (χ2n) is 3.48. The molecule has 0 bridgehead atoms. The molecule has 0 nitrogen and oxygen atoms in total. The Hall–Kier alpha value is -1.32. The van der Waals surface area contributed by atoms with E-state index in [0.717, 1.165) is 18.2 Å².